The van der Waals surface area contributed by atoms with Crippen molar-refractivity contribution in [2.45, 2.75) is 52.2 Å². The first-order valence-electron chi connectivity index (χ1n) is 10.8. The first kappa shape index (κ1) is 24.4. The molecule has 0 spiro atoms. The minimum absolute atomic E-state index is 0.0575. The van der Waals surface area contributed by atoms with E-state index >= 15 is 0 Å². The average Bonchev–Trinajstić information content (AvgIpc) is 2.77. The average molecular weight is 515 g/mol. The maximum atomic E-state index is 13.2. The Labute approximate surface area is 199 Å². The monoisotopic (exact) mass is 514 g/mol. The lowest BCUT2D eigenvalue weighted by Crippen LogP contribution is -2.41. The number of para-hydroxylation sites is 1. The highest BCUT2D eigenvalue weighted by Crippen LogP contribution is 2.14. The Morgan fingerprint density at radius 3 is 2.33 bits per heavy atom. The van der Waals surface area contributed by atoms with Gasteiger partial charge >= 0.3 is 5.69 Å². The Bertz CT molecular complexity index is 1260. The zero-order chi connectivity index (χ0) is 24.0. The van der Waals surface area contributed by atoms with Crippen LogP contribution in [0, 0.1) is 0 Å². The van der Waals surface area contributed by atoms with Crippen molar-refractivity contribution in [3.8, 4) is 0 Å². The van der Waals surface area contributed by atoms with Gasteiger partial charge in [-0.2, -0.15) is 0 Å². The fourth-order valence-electron chi connectivity index (χ4n) is 3.55. The number of hydrogen-bond acceptors (Lipinski definition) is 4. The molecule has 1 aromatic heterocycles. The number of aromatic nitrogens is 2. The van der Waals surface area contributed by atoms with Gasteiger partial charge in [-0.1, -0.05) is 28.1 Å². The molecule has 9 heteroatoms. The second-order valence-electron chi connectivity index (χ2n) is 8.08. The molecular weight excluding hydrogens is 488 g/mol. The highest BCUT2D eigenvalue weighted by Gasteiger charge is 2.15. The van der Waals surface area contributed by atoms with Crippen molar-refractivity contribution in [2.24, 2.45) is 0 Å². The molecule has 8 nitrogen and oxygen atoms in total. The molecule has 2 amide bonds. The van der Waals surface area contributed by atoms with Gasteiger partial charge in [-0.3, -0.25) is 23.5 Å². The molecule has 2 N–H and O–H groups in total. The Morgan fingerprint density at radius 1 is 0.939 bits per heavy atom. The molecule has 0 aliphatic rings. The van der Waals surface area contributed by atoms with E-state index in [0.717, 1.165) is 9.04 Å². The second-order valence-corrected chi connectivity index (χ2v) is 8.99. The molecule has 0 atom stereocenters. The Kier molecular flexibility index (Phi) is 8.21. The molecule has 0 unspecified atom stereocenters. The van der Waals surface area contributed by atoms with E-state index in [1.165, 1.54) is 4.57 Å². The SMILES string of the molecule is CC(C)NC(=O)CCCCn1c(=O)c2ccccc2n(CC(=O)Nc2ccc(Br)cc2)c1=O. The van der Waals surface area contributed by atoms with Crippen LogP contribution in [0.5, 0.6) is 0 Å². The number of amides is 2. The number of rotatable bonds is 9. The van der Waals surface area contributed by atoms with Gasteiger partial charge in [0.1, 0.15) is 6.54 Å². The third kappa shape index (κ3) is 6.41. The molecule has 0 bridgehead atoms. The molecule has 0 fully saturated rings. The fourth-order valence-corrected chi connectivity index (χ4v) is 3.81. The number of nitrogens with one attached hydrogen (secondary N) is 2. The lowest BCUT2D eigenvalue weighted by atomic mass is 10.2. The van der Waals surface area contributed by atoms with Crippen molar-refractivity contribution in [1.82, 2.24) is 14.5 Å². The van der Waals surface area contributed by atoms with Crippen LogP contribution in [0.15, 0.2) is 62.6 Å². The topological polar surface area (TPSA) is 102 Å². The van der Waals surface area contributed by atoms with E-state index in [2.05, 4.69) is 26.6 Å². The molecule has 0 radical (unpaired) electrons. The molecule has 174 valence electrons. The minimum Gasteiger partial charge on any atom is -0.354 e. The van der Waals surface area contributed by atoms with Crippen molar-refractivity contribution in [3.63, 3.8) is 0 Å². The highest BCUT2D eigenvalue weighted by atomic mass is 79.9. The number of fused-ring (bicyclic) bond motifs is 1. The zero-order valence-corrected chi connectivity index (χ0v) is 20.2. The lowest BCUT2D eigenvalue weighted by Gasteiger charge is -2.14. The number of unbranched alkanes of at least 4 members (excludes halogenated alkanes) is 1. The molecule has 3 aromatic rings. The largest absolute Gasteiger partial charge is 0.354 e. The number of hydrogen-bond donors (Lipinski definition) is 2. The maximum Gasteiger partial charge on any atom is 0.331 e. The van der Waals surface area contributed by atoms with E-state index in [1.807, 2.05) is 13.8 Å². The van der Waals surface area contributed by atoms with Crippen molar-refractivity contribution in [1.29, 1.82) is 0 Å². The normalized spacial score (nSPS) is 11.0. The van der Waals surface area contributed by atoms with Crippen LogP contribution in [0.1, 0.15) is 33.1 Å². The van der Waals surface area contributed by atoms with Gasteiger partial charge in [0.05, 0.1) is 10.9 Å². The van der Waals surface area contributed by atoms with E-state index < -0.39 is 11.2 Å². The van der Waals surface area contributed by atoms with Gasteiger partial charge in [0.15, 0.2) is 0 Å². The first-order chi connectivity index (χ1) is 15.8. The number of halogens is 1. The molecule has 3 rings (SSSR count). The maximum absolute atomic E-state index is 13.2. The van der Waals surface area contributed by atoms with Gasteiger partial charge in [-0.15, -0.1) is 0 Å². The number of carbonyl (C=O) groups excluding carboxylic acids is 2. The summed E-state index contributed by atoms with van der Waals surface area (Å²) >= 11 is 3.35. The molecule has 0 aliphatic carbocycles. The molecule has 0 aliphatic heterocycles. The molecule has 0 saturated carbocycles. The summed E-state index contributed by atoms with van der Waals surface area (Å²) < 4.78 is 3.35. The van der Waals surface area contributed by atoms with E-state index in [9.17, 15) is 19.2 Å². The van der Waals surface area contributed by atoms with Crippen LogP contribution in [-0.2, 0) is 22.7 Å². The standard InChI is InChI=1S/C24H27BrN4O4/c1-16(2)26-21(30)9-5-6-14-28-23(32)19-7-3-4-8-20(19)29(24(28)33)15-22(31)27-18-12-10-17(25)11-13-18/h3-4,7-8,10-13,16H,5-6,9,14-15H2,1-2H3,(H,26,30)(H,27,31). The highest BCUT2D eigenvalue weighted by molar-refractivity contribution is 9.10. The molecule has 0 saturated heterocycles. The Balaban J connectivity index is 1.81. The summed E-state index contributed by atoms with van der Waals surface area (Å²) in [7, 11) is 0. The quantitative estimate of drug-likeness (QED) is 0.427. The minimum atomic E-state index is -0.545. The van der Waals surface area contributed by atoms with Gasteiger partial charge in [-0.05, 0) is 63.1 Å². The van der Waals surface area contributed by atoms with Crippen molar-refractivity contribution >= 4 is 44.3 Å². The summed E-state index contributed by atoms with van der Waals surface area (Å²) in [6.45, 7) is 3.72. The molecular formula is C24H27BrN4O4. The van der Waals surface area contributed by atoms with Crippen LogP contribution >= 0.6 is 15.9 Å². The lowest BCUT2D eigenvalue weighted by molar-refractivity contribution is -0.121. The van der Waals surface area contributed by atoms with Crippen molar-refractivity contribution < 1.29 is 9.59 Å². The van der Waals surface area contributed by atoms with Gasteiger partial charge in [-0.25, -0.2) is 4.79 Å². The predicted octanol–water partition coefficient (Wildman–Crippen LogP) is 3.26. The summed E-state index contributed by atoms with van der Waals surface area (Å²) in [5.41, 5.74) is 0.0719. The van der Waals surface area contributed by atoms with Crippen LogP contribution in [-0.4, -0.2) is 27.0 Å². The van der Waals surface area contributed by atoms with E-state index in [0.29, 0.717) is 35.9 Å². The molecule has 1 heterocycles. The second kappa shape index (κ2) is 11.1. The summed E-state index contributed by atoms with van der Waals surface area (Å²) in [5, 5.41) is 5.96. The fraction of sp³-hybridized carbons (Fsp3) is 0.333. The smallest absolute Gasteiger partial charge is 0.331 e. The Hall–Kier alpha value is -3.20. The number of benzene rings is 2. The van der Waals surface area contributed by atoms with Crippen LogP contribution < -0.4 is 21.9 Å². The van der Waals surface area contributed by atoms with Crippen molar-refractivity contribution in [2.75, 3.05) is 5.32 Å². The predicted molar refractivity (Wildman–Crippen MR) is 132 cm³/mol. The van der Waals surface area contributed by atoms with E-state index in [4.69, 9.17) is 0 Å². The van der Waals surface area contributed by atoms with Crippen LogP contribution in [0.4, 0.5) is 5.69 Å². The van der Waals surface area contributed by atoms with Gasteiger partial charge < -0.3 is 10.6 Å². The molecule has 33 heavy (non-hydrogen) atoms. The summed E-state index contributed by atoms with van der Waals surface area (Å²) in [6.07, 6.45) is 1.36. The van der Waals surface area contributed by atoms with Gasteiger partial charge in [0.2, 0.25) is 11.8 Å². The van der Waals surface area contributed by atoms with Crippen molar-refractivity contribution in [3.05, 3.63) is 73.8 Å². The van der Waals surface area contributed by atoms with Crippen LogP contribution in [0.2, 0.25) is 0 Å². The summed E-state index contributed by atoms with van der Waals surface area (Å²) in [5.74, 6) is -0.432. The van der Waals surface area contributed by atoms with E-state index in [1.54, 1.807) is 48.5 Å². The number of anilines is 1. The molecule has 2 aromatic carbocycles. The summed E-state index contributed by atoms with van der Waals surface area (Å²) in [4.78, 5) is 50.6. The van der Waals surface area contributed by atoms with Gasteiger partial charge in [0, 0.05) is 29.2 Å². The summed E-state index contributed by atoms with van der Waals surface area (Å²) in [6, 6.07) is 13.9. The van der Waals surface area contributed by atoms with Gasteiger partial charge in [0.25, 0.3) is 5.56 Å². The Morgan fingerprint density at radius 2 is 1.64 bits per heavy atom. The zero-order valence-electron chi connectivity index (χ0n) is 18.6. The van der Waals surface area contributed by atoms with Crippen LogP contribution in [0.3, 0.4) is 0 Å². The first-order valence-corrected chi connectivity index (χ1v) is 11.6. The third-order valence-corrected chi connectivity index (χ3v) is 5.58. The van der Waals surface area contributed by atoms with Crippen LogP contribution in [0.25, 0.3) is 10.9 Å². The number of carbonyl (C=O) groups is 2. The van der Waals surface area contributed by atoms with E-state index in [-0.39, 0.29) is 30.9 Å². The third-order valence-electron chi connectivity index (χ3n) is 5.05. The number of nitrogens with zero attached hydrogens (tertiary/aromatic N) is 2.